The fraction of sp³-hybridized carbons (Fsp3) is 0.942. The van der Waals surface area contributed by atoms with Gasteiger partial charge < -0.3 is 33.8 Å². The Bertz CT molecular complexity index is 1730. The first-order chi connectivity index (χ1) is 42.2. The summed E-state index contributed by atoms with van der Waals surface area (Å²) in [5.41, 5.74) is 0. The normalized spacial score (nSPS) is 14.2. The summed E-state index contributed by atoms with van der Waals surface area (Å²) in [6.07, 6.45) is 43.1. The molecular weight excluding hydrogens is 1160 g/mol. The number of carbonyl (C=O) groups excluding carboxylic acids is 4. The molecule has 88 heavy (non-hydrogen) atoms. The molecule has 0 aromatic heterocycles. The summed E-state index contributed by atoms with van der Waals surface area (Å²) in [4.78, 5) is 72.5. The number of unbranched alkanes of at least 4 members (excludes halogenated alkanes) is 35. The molecule has 0 fully saturated rings. The van der Waals surface area contributed by atoms with E-state index < -0.39 is 97.5 Å². The molecule has 0 aliphatic rings. The molecule has 5 atom stereocenters. The average molecular weight is 1300 g/mol. The van der Waals surface area contributed by atoms with Crippen LogP contribution in [-0.2, 0) is 65.4 Å². The standard InChI is InChI=1S/C69H134O17P2/c1-8-9-10-11-12-13-14-17-24-29-38-45-52-68(73)86-65(57-80-67(72)51-44-37-32-31-35-42-49-62(6)7)59-84-88(77,78)82-55-63(70)54-81-87(75,76)83-58-64(56-79-66(71)50-43-36-28-23-20-19-22-27-34-41-48-61(4)5)85-69(74)53-46-39-30-25-18-15-16-21-26-33-40-47-60(2)3/h60-65,70H,8-59H2,1-7H3,(H,75,76)(H,77,78)/t63-,64-,65-/m1/s1. The second-order valence-corrected chi connectivity index (χ2v) is 29.3. The number of hydrogen-bond donors (Lipinski definition) is 3. The minimum Gasteiger partial charge on any atom is -0.462 e. The SMILES string of the molecule is CCCCCCCCCCCCCCC(=O)O[C@H](COC(=O)CCCCCCCCC(C)C)COP(=O)(O)OC[C@H](O)COP(=O)(O)OC[C@@H](COC(=O)CCCCCCCCCCCCC(C)C)OC(=O)CCCCCCCCCCCCCC(C)C. The van der Waals surface area contributed by atoms with Gasteiger partial charge >= 0.3 is 39.5 Å². The molecule has 17 nitrogen and oxygen atoms in total. The molecule has 2 unspecified atom stereocenters. The number of esters is 4. The van der Waals surface area contributed by atoms with Crippen molar-refractivity contribution in [1.29, 1.82) is 0 Å². The van der Waals surface area contributed by atoms with Gasteiger partial charge in [-0.25, -0.2) is 9.13 Å². The largest absolute Gasteiger partial charge is 0.472 e. The van der Waals surface area contributed by atoms with Crippen molar-refractivity contribution in [3.8, 4) is 0 Å². The number of carbonyl (C=O) groups is 4. The van der Waals surface area contributed by atoms with Gasteiger partial charge in [0.25, 0.3) is 0 Å². The Hall–Kier alpha value is -1.94. The van der Waals surface area contributed by atoms with Crippen molar-refractivity contribution in [1.82, 2.24) is 0 Å². The van der Waals surface area contributed by atoms with E-state index in [1.54, 1.807) is 0 Å². The van der Waals surface area contributed by atoms with Gasteiger partial charge in [0.15, 0.2) is 12.2 Å². The van der Waals surface area contributed by atoms with Gasteiger partial charge in [-0.15, -0.1) is 0 Å². The number of phosphoric ester groups is 2. The van der Waals surface area contributed by atoms with E-state index in [1.165, 1.54) is 148 Å². The lowest BCUT2D eigenvalue weighted by Gasteiger charge is -2.21. The van der Waals surface area contributed by atoms with Crippen LogP contribution in [0.5, 0.6) is 0 Å². The highest BCUT2D eigenvalue weighted by Gasteiger charge is 2.30. The van der Waals surface area contributed by atoms with E-state index in [0.29, 0.717) is 31.6 Å². The number of hydrogen-bond acceptors (Lipinski definition) is 15. The molecule has 0 aromatic carbocycles. The number of rotatable bonds is 67. The molecule has 19 heteroatoms. The average Bonchev–Trinajstić information content (AvgIpc) is 3.63. The second-order valence-electron chi connectivity index (χ2n) is 26.3. The first-order valence-corrected chi connectivity index (χ1v) is 38.8. The lowest BCUT2D eigenvalue weighted by Crippen LogP contribution is -2.30. The van der Waals surface area contributed by atoms with Gasteiger partial charge in [0.2, 0.25) is 0 Å². The van der Waals surface area contributed by atoms with Crippen molar-refractivity contribution in [2.75, 3.05) is 39.6 Å². The van der Waals surface area contributed by atoms with Crippen LogP contribution in [0.3, 0.4) is 0 Å². The molecule has 0 saturated carbocycles. The van der Waals surface area contributed by atoms with E-state index in [-0.39, 0.29) is 25.7 Å². The molecule has 0 amide bonds. The molecule has 522 valence electrons. The fourth-order valence-electron chi connectivity index (χ4n) is 10.4. The van der Waals surface area contributed by atoms with E-state index in [0.717, 1.165) is 108 Å². The molecule has 0 rings (SSSR count). The Kier molecular flexibility index (Phi) is 58.7. The number of aliphatic hydroxyl groups excluding tert-OH is 1. The van der Waals surface area contributed by atoms with Crippen molar-refractivity contribution in [3.05, 3.63) is 0 Å². The van der Waals surface area contributed by atoms with E-state index in [1.807, 2.05) is 0 Å². The summed E-state index contributed by atoms with van der Waals surface area (Å²) in [5.74, 6) is 0.0751. The Labute approximate surface area is 537 Å². The topological polar surface area (TPSA) is 237 Å². The van der Waals surface area contributed by atoms with Crippen LogP contribution in [0.1, 0.15) is 344 Å². The van der Waals surface area contributed by atoms with E-state index in [2.05, 4.69) is 48.5 Å². The fourth-order valence-corrected chi connectivity index (χ4v) is 11.9. The third-order valence-electron chi connectivity index (χ3n) is 15.9. The molecule has 0 aliphatic heterocycles. The van der Waals surface area contributed by atoms with Gasteiger partial charge in [-0.1, -0.05) is 292 Å². The first kappa shape index (κ1) is 86.1. The highest BCUT2D eigenvalue weighted by molar-refractivity contribution is 7.47. The number of phosphoric acid groups is 2. The van der Waals surface area contributed by atoms with Crippen molar-refractivity contribution in [2.45, 2.75) is 362 Å². The maximum absolute atomic E-state index is 13.0. The predicted octanol–water partition coefficient (Wildman–Crippen LogP) is 19.5. The third-order valence-corrected chi connectivity index (χ3v) is 17.8. The maximum atomic E-state index is 13.0. The van der Waals surface area contributed by atoms with Gasteiger partial charge in [0.05, 0.1) is 26.4 Å². The zero-order valence-corrected chi connectivity index (χ0v) is 59.0. The quantitative estimate of drug-likeness (QED) is 0.0222. The minimum atomic E-state index is -4.95. The first-order valence-electron chi connectivity index (χ1n) is 35.8. The summed E-state index contributed by atoms with van der Waals surface area (Å²) in [7, 11) is -9.90. The van der Waals surface area contributed by atoms with Gasteiger partial charge in [-0.2, -0.15) is 0 Å². The maximum Gasteiger partial charge on any atom is 0.472 e. The van der Waals surface area contributed by atoms with Crippen molar-refractivity contribution in [2.24, 2.45) is 17.8 Å². The van der Waals surface area contributed by atoms with Crippen LogP contribution in [0, 0.1) is 17.8 Å². The smallest absolute Gasteiger partial charge is 0.462 e. The van der Waals surface area contributed by atoms with Crippen molar-refractivity contribution in [3.63, 3.8) is 0 Å². The highest BCUT2D eigenvalue weighted by Crippen LogP contribution is 2.45. The lowest BCUT2D eigenvalue weighted by atomic mass is 10.0. The van der Waals surface area contributed by atoms with E-state index >= 15 is 0 Å². The molecule has 0 saturated heterocycles. The Balaban J connectivity index is 5.25. The minimum absolute atomic E-state index is 0.106. The molecular formula is C69H134O17P2. The molecule has 3 N–H and O–H groups in total. The van der Waals surface area contributed by atoms with Crippen LogP contribution >= 0.6 is 15.6 Å². The second kappa shape index (κ2) is 60.0. The third kappa shape index (κ3) is 62.8. The Morgan fingerprint density at radius 2 is 0.523 bits per heavy atom. The van der Waals surface area contributed by atoms with E-state index in [9.17, 15) is 43.2 Å². The van der Waals surface area contributed by atoms with Crippen molar-refractivity contribution >= 4 is 39.5 Å². The van der Waals surface area contributed by atoms with Crippen LogP contribution in [0.2, 0.25) is 0 Å². The van der Waals surface area contributed by atoms with Gasteiger partial charge in [0, 0.05) is 25.7 Å². The van der Waals surface area contributed by atoms with Crippen LogP contribution < -0.4 is 0 Å². The van der Waals surface area contributed by atoms with Gasteiger partial charge in [-0.3, -0.25) is 37.3 Å². The van der Waals surface area contributed by atoms with Crippen LogP contribution in [0.25, 0.3) is 0 Å². The Morgan fingerprint density at radius 1 is 0.307 bits per heavy atom. The van der Waals surface area contributed by atoms with Crippen molar-refractivity contribution < 1.29 is 80.2 Å². The van der Waals surface area contributed by atoms with Crippen LogP contribution in [0.15, 0.2) is 0 Å². The highest BCUT2D eigenvalue weighted by atomic mass is 31.2. The number of aliphatic hydroxyl groups is 1. The molecule has 0 bridgehead atoms. The predicted molar refractivity (Wildman–Crippen MR) is 354 cm³/mol. The van der Waals surface area contributed by atoms with Gasteiger partial charge in [0.1, 0.15) is 19.3 Å². The lowest BCUT2D eigenvalue weighted by molar-refractivity contribution is -0.161. The summed E-state index contributed by atoms with van der Waals surface area (Å²) in [6.45, 7) is 11.8. The molecule has 0 radical (unpaired) electrons. The van der Waals surface area contributed by atoms with Crippen LogP contribution in [-0.4, -0.2) is 96.7 Å². The molecule has 0 aliphatic carbocycles. The summed E-state index contributed by atoms with van der Waals surface area (Å²) >= 11 is 0. The zero-order valence-electron chi connectivity index (χ0n) is 57.2. The Morgan fingerprint density at radius 3 is 0.773 bits per heavy atom. The summed E-state index contributed by atoms with van der Waals surface area (Å²) < 4.78 is 68.2. The van der Waals surface area contributed by atoms with E-state index in [4.69, 9.17) is 37.0 Å². The summed E-state index contributed by atoms with van der Waals surface area (Å²) in [6, 6.07) is 0. The molecule has 0 aromatic rings. The van der Waals surface area contributed by atoms with Gasteiger partial charge in [-0.05, 0) is 43.4 Å². The molecule has 0 spiro atoms. The zero-order chi connectivity index (χ0) is 65.2. The molecule has 0 heterocycles. The summed E-state index contributed by atoms with van der Waals surface area (Å²) in [5, 5.41) is 10.6. The monoisotopic (exact) mass is 1300 g/mol. The number of ether oxygens (including phenoxy) is 4. The van der Waals surface area contributed by atoms with Crippen LogP contribution in [0.4, 0.5) is 0 Å².